The summed E-state index contributed by atoms with van der Waals surface area (Å²) >= 11 is 0. The third-order valence-corrected chi connectivity index (χ3v) is 5.59. The van der Waals surface area contributed by atoms with Crippen LogP contribution in [0.15, 0.2) is 0 Å². The summed E-state index contributed by atoms with van der Waals surface area (Å²) in [6.07, 6.45) is -9.65. The Labute approximate surface area is 218 Å². The van der Waals surface area contributed by atoms with Crippen LogP contribution in [0.25, 0.3) is 0 Å². The van der Waals surface area contributed by atoms with Gasteiger partial charge >= 0.3 is 29.8 Å². The summed E-state index contributed by atoms with van der Waals surface area (Å²) in [6.45, 7) is 15.6. The standard InChI is InChI=1S/C26H42O11/c1-11(2)22(28)33-17-16(27)18(34-23(29)12(3)4)20(36-25(31)14(7)8)21(37-26(32)15(9)10)19(17)35-24(30)13(5)6/h11-21,27H,1-10H3/t16?,17-,18+,19-,20-,21?/m1/s1. The Hall–Kier alpha value is -2.69. The average molecular weight is 531 g/mol. The number of carbonyl (C=O) groups excluding carboxylic acids is 5. The van der Waals surface area contributed by atoms with Crippen LogP contribution in [0.4, 0.5) is 0 Å². The maximum absolute atomic E-state index is 12.7. The minimum absolute atomic E-state index is 0.626. The van der Waals surface area contributed by atoms with E-state index < -0.39 is 96.1 Å². The van der Waals surface area contributed by atoms with Crippen LogP contribution in [0.5, 0.6) is 0 Å². The summed E-state index contributed by atoms with van der Waals surface area (Å²) in [6, 6.07) is 0. The van der Waals surface area contributed by atoms with Gasteiger partial charge in [-0.3, -0.25) is 24.0 Å². The highest BCUT2D eigenvalue weighted by atomic mass is 16.7. The normalized spacial score (nSPS) is 25.8. The molecule has 0 radical (unpaired) electrons. The van der Waals surface area contributed by atoms with E-state index in [4.69, 9.17) is 23.7 Å². The number of rotatable bonds is 10. The Morgan fingerprint density at radius 3 is 0.757 bits per heavy atom. The predicted molar refractivity (Wildman–Crippen MR) is 130 cm³/mol. The molecule has 37 heavy (non-hydrogen) atoms. The Morgan fingerprint density at radius 1 is 0.405 bits per heavy atom. The molecule has 1 rings (SSSR count). The van der Waals surface area contributed by atoms with Gasteiger partial charge in [-0.05, 0) is 0 Å². The highest BCUT2D eigenvalue weighted by molar-refractivity contribution is 5.75. The molecule has 1 fully saturated rings. The van der Waals surface area contributed by atoms with E-state index >= 15 is 0 Å². The van der Waals surface area contributed by atoms with Crippen molar-refractivity contribution in [1.82, 2.24) is 0 Å². The third-order valence-electron chi connectivity index (χ3n) is 5.59. The lowest BCUT2D eigenvalue weighted by atomic mass is 9.83. The van der Waals surface area contributed by atoms with Crippen LogP contribution in [0.3, 0.4) is 0 Å². The Kier molecular flexibility index (Phi) is 12.0. The lowest BCUT2D eigenvalue weighted by Gasteiger charge is -2.46. The van der Waals surface area contributed by atoms with Crippen molar-refractivity contribution < 1.29 is 52.8 Å². The summed E-state index contributed by atoms with van der Waals surface area (Å²) in [4.78, 5) is 63.2. The zero-order valence-corrected chi connectivity index (χ0v) is 23.4. The molecule has 0 aliphatic heterocycles. The SMILES string of the molecule is CC(C)C(=O)OC1[C@H](OC(=O)C(C)C)[C@H](OC(=O)C(C)C)C(O)[C@H](OC(=O)C(C)C)[C@H]1OC(=O)C(C)C. The van der Waals surface area contributed by atoms with Crippen molar-refractivity contribution in [1.29, 1.82) is 0 Å². The first kappa shape index (κ1) is 32.3. The highest BCUT2D eigenvalue weighted by Gasteiger charge is 2.59. The predicted octanol–water partition coefficient (Wildman–Crippen LogP) is 2.20. The Bertz CT molecular complexity index is 774. The lowest BCUT2D eigenvalue weighted by Crippen LogP contribution is -2.68. The largest absolute Gasteiger partial charge is 0.455 e. The first-order valence-electron chi connectivity index (χ1n) is 12.7. The van der Waals surface area contributed by atoms with E-state index in [9.17, 15) is 29.1 Å². The van der Waals surface area contributed by atoms with Gasteiger partial charge in [0.05, 0.1) is 29.6 Å². The summed E-state index contributed by atoms with van der Waals surface area (Å²) in [7, 11) is 0. The van der Waals surface area contributed by atoms with Gasteiger partial charge in [-0.25, -0.2) is 0 Å². The van der Waals surface area contributed by atoms with Gasteiger partial charge in [-0.1, -0.05) is 69.2 Å². The molecule has 0 aromatic heterocycles. The van der Waals surface area contributed by atoms with Gasteiger partial charge in [0, 0.05) is 0 Å². The van der Waals surface area contributed by atoms with E-state index in [1.807, 2.05) is 0 Å². The lowest BCUT2D eigenvalue weighted by molar-refractivity contribution is -0.260. The summed E-state index contributed by atoms with van der Waals surface area (Å²) in [5.41, 5.74) is 0. The van der Waals surface area contributed by atoms with Crippen LogP contribution in [0.1, 0.15) is 69.2 Å². The molecule has 11 heteroatoms. The molecule has 0 aromatic carbocycles. The zero-order chi connectivity index (χ0) is 28.8. The topological polar surface area (TPSA) is 152 Å². The molecule has 11 nitrogen and oxygen atoms in total. The van der Waals surface area contributed by atoms with Crippen LogP contribution in [-0.2, 0) is 47.7 Å². The van der Waals surface area contributed by atoms with Gasteiger partial charge < -0.3 is 28.8 Å². The van der Waals surface area contributed by atoms with Crippen molar-refractivity contribution in [2.45, 2.75) is 106 Å². The van der Waals surface area contributed by atoms with E-state index in [1.54, 1.807) is 69.2 Å². The van der Waals surface area contributed by atoms with E-state index in [0.29, 0.717) is 0 Å². The van der Waals surface area contributed by atoms with Crippen molar-refractivity contribution in [3.05, 3.63) is 0 Å². The summed E-state index contributed by atoms with van der Waals surface area (Å²) < 4.78 is 27.9. The molecule has 2 unspecified atom stereocenters. The average Bonchev–Trinajstić information content (AvgIpc) is 2.79. The molecule has 6 atom stereocenters. The summed E-state index contributed by atoms with van der Waals surface area (Å²) in [5, 5.41) is 11.3. The number of ether oxygens (including phenoxy) is 5. The van der Waals surface area contributed by atoms with Crippen LogP contribution in [0.2, 0.25) is 0 Å². The molecule has 0 heterocycles. The number of esters is 5. The molecular formula is C26H42O11. The Morgan fingerprint density at radius 2 is 0.568 bits per heavy atom. The molecule has 0 amide bonds. The molecule has 0 spiro atoms. The molecule has 0 bridgehead atoms. The van der Waals surface area contributed by atoms with Crippen molar-refractivity contribution in [2.75, 3.05) is 0 Å². The minimum atomic E-state index is -1.78. The first-order chi connectivity index (χ1) is 17.0. The maximum Gasteiger partial charge on any atom is 0.308 e. The van der Waals surface area contributed by atoms with Gasteiger partial charge in [-0.15, -0.1) is 0 Å². The fourth-order valence-electron chi connectivity index (χ4n) is 3.16. The maximum atomic E-state index is 12.7. The number of hydrogen-bond acceptors (Lipinski definition) is 11. The number of aliphatic hydroxyl groups excluding tert-OH is 1. The third kappa shape index (κ3) is 8.69. The zero-order valence-electron chi connectivity index (χ0n) is 23.4. The second-order valence-electron chi connectivity index (χ2n) is 10.8. The van der Waals surface area contributed by atoms with Crippen molar-refractivity contribution in [3.63, 3.8) is 0 Å². The van der Waals surface area contributed by atoms with Crippen LogP contribution >= 0.6 is 0 Å². The molecule has 1 saturated carbocycles. The fraction of sp³-hybridized carbons (Fsp3) is 0.808. The van der Waals surface area contributed by atoms with Gasteiger partial charge in [0.2, 0.25) is 0 Å². The monoisotopic (exact) mass is 530 g/mol. The second kappa shape index (κ2) is 13.7. The quantitative estimate of drug-likeness (QED) is 0.327. The van der Waals surface area contributed by atoms with E-state index in [2.05, 4.69) is 0 Å². The van der Waals surface area contributed by atoms with Gasteiger partial charge in [-0.2, -0.15) is 0 Å². The fourth-order valence-corrected chi connectivity index (χ4v) is 3.16. The molecule has 1 aliphatic carbocycles. The Balaban J connectivity index is 3.76. The van der Waals surface area contributed by atoms with Crippen LogP contribution in [0, 0.1) is 29.6 Å². The van der Waals surface area contributed by atoms with Gasteiger partial charge in [0.1, 0.15) is 6.10 Å². The van der Waals surface area contributed by atoms with Gasteiger partial charge in [0.25, 0.3) is 0 Å². The van der Waals surface area contributed by atoms with E-state index in [1.165, 1.54) is 0 Å². The molecule has 0 aromatic rings. The van der Waals surface area contributed by atoms with Crippen LogP contribution in [-0.4, -0.2) is 71.6 Å². The molecule has 1 N–H and O–H groups in total. The van der Waals surface area contributed by atoms with Crippen LogP contribution < -0.4 is 0 Å². The van der Waals surface area contributed by atoms with Crippen molar-refractivity contribution in [2.24, 2.45) is 29.6 Å². The number of hydrogen-bond donors (Lipinski definition) is 1. The summed E-state index contributed by atoms with van der Waals surface area (Å²) in [5.74, 6) is -6.84. The number of aliphatic hydroxyl groups is 1. The van der Waals surface area contributed by atoms with Crippen molar-refractivity contribution in [3.8, 4) is 0 Å². The molecule has 0 saturated heterocycles. The highest BCUT2D eigenvalue weighted by Crippen LogP contribution is 2.34. The van der Waals surface area contributed by atoms with E-state index in [-0.39, 0.29) is 0 Å². The smallest absolute Gasteiger partial charge is 0.308 e. The first-order valence-corrected chi connectivity index (χ1v) is 12.7. The molecule has 212 valence electrons. The van der Waals surface area contributed by atoms with E-state index in [0.717, 1.165) is 0 Å². The van der Waals surface area contributed by atoms with Crippen molar-refractivity contribution >= 4 is 29.8 Å². The second-order valence-corrected chi connectivity index (χ2v) is 10.8. The van der Waals surface area contributed by atoms with Gasteiger partial charge in [0.15, 0.2) is 30.5 Å². The minimum Gasteiger partial charge on any atom is -0.455 e. The number of carbonyl (C=O) groups is 5. The molecular weight excluding hydrogens is 488 g/mol. The molecule has 1 aliphatic rings.